The summed E-state index contributed by atoms with van der Waals surface area (Å²) in [6.45, 7) is 1.01. The summed E-state index contributed by atoms with van der Waals surface area (Å²) >= 11 is 2.59. The molecule has 3 N–H and O–H groups in total. The van der Waals surface area contributed by atoms with Gasteiger partial charge in [0.25, 0.3) is 5.91 Å². The highest BCUT2D eigenvalue weighted by Gasteiger charge is 2.64. The Morgan fingerprint density at radius 1 is 1.65 bits per heavy atom. The molecule has 7 nitrogen and oxygen atoms in total. The fourth-order valence-electron chi connectivity index (χ4n) is 2.29. The van der Waals surface area contributed by atoms with Crippen LogP contribution < -0.4 is 5.73 Å². The number of ether oxygens (including phenoxy) is 1. The minimum Gasteiger partial charge on any atom is -0.481 e. The SMILES string of the molecule is CSC1(N)C(=O)N2CC(COC(C)=O)(C(=O)O)CS[C@@H]21. The summed E-state index contributed by atoms with van der Waals surface area (Å²) in [7, 11) is 0. The molecule has 1 amide bonds. The van der Waals surface area contributed by atoms with Crippen LogP contribution in [0, 0.1) is 5.41 Å². The Bertz CT molecular complexity index is 474. The Hall–Kier alpha value is -0.930. The molecule has 20 heavy (non-hydrogen) atoms. The second-order valence-electron chi connectivity index (χ2n) is 4.96. The van der Waals surface area contributed by atoms with Gasteiger partial charge in [0.1, 0.15) is 17.4 Å². The Balaban J connectivity index is 2.15. The lowest BCUT2D eigenvalue weighted by atomic mass is 9.88. The first kappa shape index (κ1) is 15.5. The van der Waals surface area contributed by atoms with Gasteiger partial charge in [-0.15, -0.1) is 23.5 Å². The molecule has 0 aliphatic carbocycles. The van der Waals surface area contributed by atoms with E-state index in [2.05, 4.69) is 0 Å². The number of nitrogens with zero attached hydrogens (tertiary/aromatic N) is 1. The molecular formula is C11H16N2O5S2. The number of carboxylic acid groups (broad SMARTS) is 1. The number of amides is 1. The van der Waals surface area contributed by atoms with Crippen LogP contribution in [0.25, 0.3) is 0 Å². The first-order chi connectivity index (χ1) is 9.27. The van der Waals surface area contributed by atoms with E-state index < -0.39 is 22.2 Å². The van der Waals surface area contributed by atoms with Crippen molar-refractivity contribution in [3.05, 3.63) is 0 Å². The van der Waals surface area contributed by atoms with Crippen molar-refractivity contribution >= 4 is 41.4 Å². The van der Waals surface area contributed by atoms with Crippen LogP contribution in [-0.2, 0) is 19.1 Å². The summed E-state index contributed by atoms with van der Waals surface area (Å²) in [5.41, 5.74) is 4.74. The van der Waals surface area contributed by atoms with E-state index in [1.54, 1.807) is 6.26 Å². The zero-order valence-corrected chi connectivity index (χ0v) is 12.8. The number of hydrogen-bond acceptors (Lipinski definition) is 7. The molecule has 2 heterocycles. The molecule has 2 rings (SSSR count). The van der Waals surface area contributed by atoms with Crippen LogP contribution in [0.3, 0.4) is 0 Å². The number of thioether (sulfide) groups is 2. The lowest BCUT2D eigenvalue weighted by Gasteiger charge is -2.57. The molecule has 0 radical (unpaired) electrons. The number of carbonyl (C=O) groups is 3. The minimum atomic E-state index is -1.26. The van der Waals surface area contributed by atoms with E-state index in [4.69, 9.17) is 10.5 Å². The number of esters is 1. The number of carboxylic acids is 1. The summed E-state index contributed by atoms with van der Waals surface area (Å²) in [5.74, 6) is -1.62. The number of nitrogens with two attached hydrogens (primary N) is 1. The van der Waals surface area contributed by atoms with Crippen LogP contribution in [0.2, 0.25) is 0 Å². The highest BCUT2D eigenvalue weighted by atomic mass is 32.2. The van der Waals surface area contributed by atoms with Crippen LogP contribution >= 0.6 is 23.5 Å². The highest BCUT2D eigenvalue weighted by Crippen LogP contribution is 2.49. The van der Waals surface area contributed by atoms with Crippen molar-refractivity contribution in [1.82, 2.24) is 4.90 Å². The molecule has 2 fully saturated rings. The van der Waals surface area contributed by atoms with Gasteiger partial charge in [0.05, 0.1) is 0 Å². The molecule has 0 aromatic rings. The maximum absolute atomic E-state index is 12.1. The highest BCUT2D eigenvalue weighted by molar-refractivity contribution is 8.04. The molecule has 0 spiro atoms. The minimum absolute atomic E-state index is 0.0195. The van der Waals surface area contributed by atoms with Crippen LogP contribution in [-0.4, -0.2) is 63.3 Å². The van der Waals surface area contributed by atoms with E-state index in [1.165, 1.54) is 35.3 Å². The molecule has 0 saturated carbocycles. The van der Waals surface area contributed by atoms with Gasteiger partial charge in [-0.3, -0.25) is 14.4 Å². The number of β-lactam (4-membered cyclic amide) rings is 1. The number of carbonyl (C=O) groups excluding carboxylic acids is 2. The Morgan fingerprint density at radius 2 is 2.30 bits per heavy atom. The molecular weight excluding hydrogens is 304 g/mol. The molecule has 2 aliphatic heterocycles. The Morgan fingerprint density at radius 3 is 2.80 bits per heavy atom. The predicted octanol–water partition coefficient (Wildman–Crippen LogP) is -0.446. The first-order valence-corrected chi connectivity index (χ1v) is 8.18. The number of rotatable bonds is 4. The van der Waals surface area contributed by atoms with Crippen LogP contribution in [0.1, 0.15) is 6.92 Å². The predicted molar refractivity (Wildman–Crippen MR) is 75.1 cm³/mol. The lowest BCUT2D eigenvalue weighted by Crippen LogP contribution is -2.79. The zero-order valence-electron chi connectivity index (χ0n) is 11.1. The van der Waals surface area contributed by atoms with Gasteiger partial charge in [0.2, 0.25) is 0 Å². The van der Waals surface area contributed by atoms with E-state index in [0.717, 1.165) is 0 Å². The van der Waals surface area contributed by atoms with Gasteiger partial charge in [-0.2, -0.15) is 0 Å². The third kappa shape index (κ3) is 2.17. The van der Waals surface area contributed by atoms with E-state index in [1.807, 2.05) is 0 Å². The van der Waals surface area contributed by atoms with Gasteiger partial charge in [-0.1, -0.05) is 0 Å². The Labute approximate surface area is 124 Å². The second kappa shape index (κ2) is 5.12. The van der Waals surface area contributed by atoms with Crippen molar-refractivity contribution in [2.45, 2.75) is 17.2 Å². The lowest BCUT2D eigenvalue weighted by molar-refractivity contribution is -0.164. The molecule has 9 heteroatoms. The van der Waals surface area contributed by atoms with Gasteiger partial charge in [0.15, 0.2) is 4.87 Å². The van der Waals surface area contributed by atoms with Crippen LogP contribution in [0.5, 0.6) is 0 Å². The number of hydrogen-bond donors (Lipinski definition) is 2. The van der Waals surface area contributed by atoms with E-state index in [-0.39, 0.29) is 30.2 Å². The molecule has 0 bridgehead atoms. The van der Waals surface area contributed by atoms with Gasteiger partial charge < -0.3 is 20.5 Å². The van der Waals surface area contributed by atoms with E-state index in [0.29, 0.717) is 0 Å². The first-order valence-electron chi connectivity index (χ1n) is 5.90. The van der Waals surface area contributed by atoms with Crippen molar-refractivity contribution in [1.29, 1.82) is 0 Å². The normalized spacial score (nSPS) is 36.0. The maximum atomic E-state index is 12.1. The molecule has 3 atom stereocenters. The van der Waals surface area contributed by atoms with Crippen LogP contribution in [0.15, 0.2) is 0 Å². The van der Waals surface area contributed by atoms with E-state index in [9.17, 15) is 19.5 Å². The van der Waals surface area contributed by atoms with Gasteiger partial charge in [-0.05, 0) is 6.26 Å². The summed E-state index contributed by atoms with van der Waals surface area (Å²) in [6.07, 6.45) is 1.76. The van der Waals surface area contributed by atoms with Gasteiger partial charge in [-0.25, -0.2) is 0 Å². The number of aliphatic carboxylic acids is 1. The molecule has 0 aromatic carbocycles. The van der Waals surface area contributed by atoms with E-state index >= 15 is 0 Å². The molecule has 2 unspecified atom stereocenters. The fraction of sp³-hybridized carbons (Fsp3) is 0.727. The Kier molecular flexibility index (Phi) is 3.96. The molecule has 112 valence electrons. The second-order valence-corrected chi connectivity index (χ2v) is 7.11. The summed E-state index contributed by atoms with van der Waals surface area (Å²) in [5, 5.41) is 9.20. The van der Waals surface area contributed by atoms with Crippen molar-refractivity contribution in [2.75, 3.05) is 25.2 Å². The summed E-state index contributed by atoms with van der Waals surface area (Å²) < 4.78 is 4.86. The molecule has 0 aromatic heterocycles. The van der Waals surface area contributed by atoms with Crippen LogP contribution in [0.4, 0.5) is 0 Å². The van der Waals surface area contributed by atoms with Crippen molar-refractivity contribution in [3.63, 3.8) is 0 Å². The molecule has 2 saturated heterocycles. The average molecular weight is 320 g/mol. The largest absolute Gasteiger partial charge is 0.481 e. The summed E-state index contributed by atoms with van der Waals surface area (Å²) in [4.78, 5) is 35.0. The van der Waals surface area contributed by atoms with Gasteiger partial charge in [0, 0.05) is 19.2 Å². The van der Waals surface area contributed by atoms with Gasteiger partial charge >= 0.3 is 11.9 Å². The fourth-order valence-corrected chi connectivity index (χ4v) is 4.87. The third-order valence-corrected chi connectivity index (χ3v) is 6.46. The smallest absolute Gasteiger partial charge is 0.315 e. The quantitative estimate of drug-likeness (QED) is 0.407. The monoisotopic (exact) mass is 320 g/mol. The standard InChI is InChI=1S/C11H16N2O5S2/c1-6(14)18-4-10(9(16)17)3-13-7(15)11(12,19-2)8(13)20-5-10/h8H,3-5,12H2,1-2H3,(H,16,17)/t8-,10?,11?/m1/s1. The van der Waals surface area contributed by atoms with Crippen molar-refractivity contribution in [3.8, 4) is 0 Å². The zero-order chi connectivity index (χ0) is 15.1. The maximum Gasteiger partial charge on any atom is 0.315 e. The third-order valence-electron chi connectivity index (χ3n) is 3.58. The molecule has 2 aliphatic rings. The topological polar surface area (TPSA) is 110 Å². The number of fused-ring (bicyclic) bond motifs is 1. The average Bonchev–Trinajstić information content (AvgIpc) is 2.43. The van der Waals surface area contributed by atoms with Crippen molar-refractivity contribution in [2.24, 2.45) is 11.1 Å². The van der Waals surface area contributed by atoms with Crippen molar-refractivity contribution < 1.29 is 24.2 Å². The summed E-state index contributed by atoms with van der Waals surface area (Å²) in [6, 6.07) is 0.